The van der Waals surface area contributed by atoms with Crippen LogP contribution in [-0.4, -0.2) is 23.0 Å². The van der Waals surface area contributed by atoms with Crippen LogP contribution in [0.25, 0.3) is 0 Å². The minimum Gasteiger partial charge on any atom is -0.481 e. The molecule has 0 aliphatic carbocycles. The molecule has 0 spiro atoms. The number of nitrogens with zero attached hydrogens (tertiary/aromatic N) is 2. The van der Waals surface area contributed by atoms with Crippen molar-refractivity contribution in [2.24, 2.45) is 0 Å². The van der Waals surface area contributed by atoms with Crippen LogP contribution in [0.1, 0.15) is 17.0 Å². The number of ether oxygens (including phenoxy) is 1. The predicted octanol–water partition coefficient (Wildman–Crippen LogP) is 3.59. The molecule has 0 saturated heterocycles. The summed E-state index contributed by atoms with van der Waals surface area (Å²) in [4.78, 5) is 21.0. The molecule has 2 heterocycles. The Bertz CT molecular complexity index is 852. The lowest BCUT2D eigenvalue weighted by Crippen LogP contribution is -2.23. The van der Waals surface area contributed by atoms with E-state index in [0.717, 1.165) is 11.1 Å². The first-order chi connectivity index (χ1) is 12.7. The van der Waals surface area contributed by atoms with E-state index in [9.17, 15) is 9.18 Å². The molecule has 0 radical (unpaired) electrons. The summed E-state index contributed by atoms with van der Waals surface area (Å²) in [6, 6.07) is 13.1. The molecular weight excluding hydrogens is 333 g/mol. The number of nitrogens with one attached hydrogen (secondary N) is 1. The number of halogens is 1. The Labute approximate surface area is 150 Å². The summed E-state index contributed by atoms with van der Waals surface area (Å²) >= 11 is 0. The van der Waals surface area contributed by atoms with E-state index in [-0.39, 0.29) is 11.7 Å². The fraction of sp³-hybridized carbons (Fsp3) is 0.150. The number of benzene rings is 1. The number of methoxy groups -OCH3 is 1. The molecule has 26 heavy (non-hydrogen) atoms. The van der Waals surface area contributed by atoms with Gasteiger partial charge in [-0.05, 0) is 41.8 Å². The van der Waals surface area contributed by atoms with Gasteiger partial charge in [0.05, 0.1) is 24.9 Å². The first-order valence-electron chi connectivity index (χ1n) is 8.11. The number of hydrogen-bond donors (Lipinski definition) is 1. The van der Waals surface area contributed by atoms with Crippen molar-refractivity contribution in [1.82, 2.24) is 9.97 Å². The Balaban J connectivity index is 1.83. The number of carbonyl (C=O) groups excluding carboxylic acids is 1. The second-order valence-electron chi connectivity index (χ2n) is 5.75. The fourth-order valence-electron chi connectivity index (χ4n) is 2.62. The molecule has 1 amide bonds. The third-order valence-corrected chi connectivity index (χ3v) is 3.96. The summed E-state index contributed by atoms with van der Waals surface area (Å²) in [5.74, 6) is -0.559. The van der Waals surface area contributed by atoms with Crippen LogP contribution in [0.4, 0.5) is 10.1 Å². The number of pyridine rings is 2. The molecule has 0 fully saturated rings. The van der Waals surface area contributed by atoms with E-state index in [2.05, 4.69) is 15.3 Å². The SMILES string of the molecule is COc1ccc(NC(=O)C(Cc2cccnc2)c2ccc(F)cc2)cn1. The lowest BCUT2D eigenvalue weighted by molar-refractivity contribution is -0.117. The van der Waals surface area contributed by atoms with Crippen molar-refractivity contribution in [2.75, 3.05) is 12.4 Å². The molecule has 5 nitrogen and oxygen atoms in total. The summed E-state index contributed by atoms with van der Waals surface area (Å²) in [5, 5.41) is 2.86. The van der Waals surface area contributed by atoms with Crippen molar-refractivity contribution in [1.29, 1.82) is 0 Å². The van der Waals surface area contributed by atoms with Gasteiger partial charge in [0, 0.05) is 18.5 Å². The third-order valence-electron chi connectivity index (χ3n) is 3.96. The number of aromatic nitrogens is 2. The summed E-state index contributed by atoms with van der Waals surface area (Å²) < 4.78 is 18.3. The van der Waals surface area contributed by atoms with Crippen molar-refractivity contribution in [2.45, 2.75) is 12.3 Å². The highest BCUT2D eigenvalue weighted by Gasteiger charge is 2.22. The number of carbonyl (C=O) groups is 1. The van der Waals surface area contributed by atoms with E-state index in [1.54, 1.807) is 36.7 Å². The van der Waals surface area contributed by atoms with Crippen LogP contribution >= 0.6 is 0 Å². The van der Waals surface area contributed by atoms with Gasteiger partial charge < -0.3 is 10.1 Å². The molecule has 1 N–H and O–H groups in total. The Morgan fingerprint density at radius 2 is 1.96 bits per heavy atom. The molecule has 2 aromatic heterocycles. The quantitative estimate of drug-likeness (QED) is 0.737. The van der Waals surface area contributed by atoms with Crippen LogP contribution in [0, 0.1) is 5.82 Å². The van der Waals surface area contributed by atoms with Gasteiger partial charge in [-0.2, -0.15) is 0 Å². The van der Waals surface area contributed by atoms with Crippen molar-refractivity contribution in [3.8, 4) is 5.88 Å². The Hall–Kier alpha value is -3.28. The Morgan fingerprint density at radius 1 is 1.15 bits per heavy atom. The lowest BCUT2D eigenvalue weighted by atomic mass is 9.91. The molecule has 1 aromatic carbocycles. The van der Waals surface area contributed by atoms with E-state index < -0.39 is 5.92 Å². The first-order valence-corrected chi connectivity index (χ1v) is 8.11. The second-order valence-corrected chi connectivity index (χ2v) is 5.75. The third kappa shape index (κ3) is 4.42. The van der Waals surface area contributed by atoms with E-state index in [1.807, 2.05) is 12.1 Å². The predicted molar refractivity (Wildman–Crippen MR) is 96.5 cm³/mol. The van der Waals surface area contributed by atoms with Crippen LogP contribution in [0.5, 0.6) is 5.88 Å². The summed E-state index contributed by atoms with van der Waals surface area (Å²) in [7, 11) is 1.53. The van der Waals surface area contributed by atoms with Gasteiger partial charge in [0.25, 0.3) is 0 Å². The molecule has 0 saturated carbocycles. The van der Waals surface area contributed by atoms with Crippen LogP contribution in [0.15, 0.2) is 67.1 Å². The molecule has 6 heteroatoms. The first kappa shape index (κ1) is 17.5. The van der Waals surface area contributed by atoms with Gasteiger partial charge in [-0.25, -0.2) is 9.37 Å². The normalized spacial score (nSPS) is 11.6. The molecule has 1 atom stereocenters. The molecule has 3 aromatic rings. The highest BCUT2D eigenvalue weighted by molar-refractivity contribution is 5.96. The van der Waals surface area contributed by atoms with Crippen LogP contribution in [0.3, 0.4) is 0 Å². The minimum absolute atomic E-state index is 0.201. The van der Waals surface area contributed by atoms with Crippen LogP contribution in [0.2, 0.25) is 0 Å². The number of anilines is 1. The van der Waals surface area contributed by atoms with Gasteiger partial charge in [0.2, 0.25) is 11.8 Å². The van der Waals surface area contributed by atoms with Crippen molar-refractivity contribution < 1.29 is 13.9 Å². The van der Waals surface area contributed by atoms with Gasteiger partial charge in [0.1, 0.15) is 5.82 Å². The maximum atomic E-state index is 13.3. The van der Waals surface area contributed by atoms with E-state index in [0.29, 0.717) is 18.0 Å². The largest absolute Gasteiger partial charge is 0.481 e. The maximum Gasteiger partial charge on any atom is 0.232 e. The van der Waals surface area contributed by atoms with Crippen molar-refractivity contribution >= 4 is 11.6 Å². The van der Waals surface area contributed by atoms with Crippen LogP contribution in [-0.2, 0) is 11.2 Å². The maximum absolute atomic E-state index is 13.3. The van der Waals surface area contributed by atoms with E-state index in [1.165, 1.54) is 25.4 Å². The van der Waals surface area contributed by atoms with Gasteiger partial charge in [0.15, 0.2) is 0 Å². The second kappa shape index (κ2) is 8.20. The molecule has 132 valence electrons. The summed E-state index contributed by atoms with van der Waals surface area (Å²) in [5.41, 5.74) is 2.22. The topological polar surface area (TPSA) is 64.1 Å². The smallest absolute Gasteiger partial charge is 0.232 e. The van der Waals surface area contributed by atoms with Gasteiger partial charge in [-0.3, -0.25) is 9.78 Å². The molecule has 0 aliphatic heterocycles. The highest BCUT2D eigenvalue weighted by atomic mass is 19.1. The molecule has 1 unspecified atom stereocenters. The van der Waals surface area contributed by atoms with E-state index in [4.69, 9.17) is 4.74 Å². The minimum atomic E-state index is -0.484. The molecule has 0 aliphatic rings. The van der Waals surface area contributed by atoms with Gasteiger partial charge in [-0.15, -0.1) is 0 Å². The standard InChI is InChI=1S/C20H18FN3O2/c1-26-19-9-8-17(13-23-19)24-20(25)18(11-14-3-2-10-22-12-14)15-4-6-16(21)7-5-15/h2-10,12-13,18H,11H2,1H3,(H,24,25). The highest BCUT2D eigenvalue weighted by Crippen LogP contribution is 2.23. The van der Waals surface area contributed by atoms with Gasteiger partial charge in [-0.1, -0.05) is 18.2 Å². The Kier molecular flexibility index (Phi) is 5.53. The molecular formula is C20H18FN3O2. The van der Waals surface area contributed by atoms with Gasteiger partial charge >= 0.3 is 0 Å². The molecule has 0 bridgehead atoms. The number of hydrogen-bond acceptors (Lipinski definition) is 4. The monoisotopic (exact) mass is 351 g/mol. The average molecular weight is 351 g/mol. The Morgan fingerprint density at radius 3 is 2.58 bits per heavy atom. The van der Waals surface area contributed by atoms with E-state index >= 15 is 0 Å². The summed E-state index contributed by atoms with van der Waals surface area (Å²) in [6.45, 7) is 0. The van der Waals surface area contributed by atoms with Crippen molar-refractivity contribution in [3.05, 3.63) is 84.1 Å². The zero-order chi connectivity index (χ0) is 18.4. The zero-order valence-corrected chi connectivity index (χ0v) is 14.2. The average Bonchev–Trinajstić information content (AvgIpc) is 2.68. The molecule has 3 rings (SSSR count). The number of rotatable bonds is 6. The van der Waals surface area contributed by atoms with Crippen molar-refractivity contribution in [3.63, 3.8) is 0 Å². The number of amides is 1. The lowest BCUT2D eigenvalue weighted by Gasteiger charge is -2.17. The van der Waals surface area contributed by atoms with Crippen LogP contribution < -0.4 is 10.1 Å². The summed E-state index contributed by atoms with van der Waals surface area (Å²) in [6.07, 6.45) is 5.38. The zero-order valence-electron chi connectivity index (χ0n) is 14.2. The fourth-order valence-corrected chi connectivity index (χ4v) is 2.62.